The number of carbonyl (C=O) groups is 2. The Bertz CT molecular complexity index is 968. The van der Waals surface area contributed by atoms with Crippen molar-refractivity contribution in [3.63, 3.8) is 0 Å². The van der Waals surface area contributed by atoms with E-state index in [9.17, 15) is 18.0 Å². The van der Waals surface area contributed by atoms with E-state index in [1.165, 1.54) is 25.3 Å². The molecule has 1 heterocycles. The number of anilines is 1. The lowest BCUT2D eigenvalue weighted by atomic mass is 10.2. The van der Waals surface area contributed by atoms with Gasteiger partial charge in [0.2, 0.25) is 21.8 Å². The van der Waals surface area contributed by atoms with Crippen molar-refractivity contribution in [2.75, 3.05) is 12.0 Å². The molecule has 1 aliphatic heterocycles. The summed E-state index contributed by atoms with van der Waals surface area (Å²) in [5.74, 6) is -0.559. The number of rotatable bonds is 6. The number of imide groups is 1. The molecule has 2 aromatic rings. The molecule has 1 fully saturated rings. The lowest BCUT2D eigenvalue weighted by Crippen LogP contribution is -2.29. The van der Waals surface area contributed by atoms with Crippen molar-refractivity contribution in [2.24, 2.45) is 0 Å². The number of sulfonamides is 1. The molecule has 0 unspecified atom stereocenters. The summed E-state index contributed by atoms with van der Waals surface area (Å²) < 4.78 is 33.3. The van der Waals surface area contributed by atoms with Gasteiger partial charge in [0.05, 0.1) is 12.8 Å². The Hall–Kier alpha value is -2.71. The van der Waals surface area contributed by atoms with E-state index in [-0.39, 0.29) is 47.5 Å². The van der Waals surface area contributed by atoms with Crippen molar-refractivity contribution in [1.82, 2.24) is 4.72 Å². The van der Waals surface area contributed by atoms with Crippen LogP contribution in [0, 0.1) is 6.92 Å². The molecule has 0 aliphatic carbocycles. The van der Waals surface area contributed by atoms with Gasteiger partial charge in [0, 0.05) is 19.4 Å². The third kappa shape index (κ3) is 4.01. The predicted molar refractivity (Wildman–Crippen MR) is 99.9 cm³/mol. The van der Waals surface area contributed by atoms with Gasteiger partial charge in [-0.25, -0.2) is 13.1 Å². The number of methoxy groups -OCH3 is 1. The summed E-state index contributed by atoms with van der Waals surface area (Å²) in [5.41, 5.74) is 2.11. The monoisotopic (exact) mass is 388 g/mol. The van der Waals surface area contributed by atoms with Crippen LogP contribution in [0.4, 0.5) is 5.69 Å². The van der Waals surface area contributed by atoms with Gasteiger partial charge >= 0.3 is 0 Å². The molecule has 0 aromatic heterocycles. The predicted octanol–water partition coefficient (Wildman–Crippen LogP) is 2.14. The molecule has 0 spiro atoms. The minimum atomic E-state index is -3.92. The zero-order chi connectivity index (χ0) is 19.6. The summed E-state index contributed by atoms with van der Waals surface area (Å²) in [4.78, 5) is 24.8. The number of nitrogens with zero attached hydrogens (tertiary/aromatic N) is 1. The zero-order valence-electron chi connectivity index (χ0n) is 15.1. The fraction of sp³-hybridized carbons (Fsp3) is 0.263. The van der Waals surface area contributed by atoms with Crippen molar-refractivity contribution < 1.29 is 22.7 Å². The van der Waals surface area contributed by atoms with Gasteiger partial charge in [-0.2, -0.15) is 0 Å². The normalized spacial score (nSPS) is 14.7. The maximum Gasteiger partial charge on any atom is 0.244 e. The van der Waals surface area contributed by atoms with E-state index in [0.29, 0.717) is 0 Å². The lowest BCUT2D eigenvalue weighted by Gasteiger charge is -2.17. The highest BCUT2D eigenvalue weighted by Crippen LogP contribution is 2.31. The molecule has 3 rings (SSSR count). The number of hydrogen-bond donors (Lipinski definition) is 1. The Kier molecular flexibility index (Phi) is 5.29. The molecule has 8 heteroatoms. The van der Waals surface area contributed by atoms with E-state index >= 15 is 0 Å². The first-order chi connectivity index (χ1) is 12.8. The van der Waals surface area contributed by atoms with E-state index in [0.717, 1.165) is 16.0 Å². The number of benzene rings is 2. The second-order valence-corrected chi connectivity index (χ2v) is 8.00. The SMILES string of the molecule is COc1ccc(N2C(=O)CCC2=O)cc1S(=O)(=O)NCc1ccc(C)cc1. The molecular weight excluding hydrogens is 368 g/mol. The zero-order valence-corrected chi connectivity index (χ0v) is 15.9. The van der Waals surface area contributed by atoms with Gasteiger partial charge in [-0.05, 0) is 30.7 Å². The third-order valence-electron chi connectivity index (χ3n) is 4.33. The van der Waals surface area contributed by atoms with Gasteiger partial charge in [0.1, 0.15) is 10.6 Å². The minimum Gasteiger partial charge on any atom is -0.495 e. The van der Waals surface area contributed by atoms with Gasteiger partial charge in [-0.1, -0.05) is 29.8 Å². The summed E-state index contributed by atoms with van der Waals surface area (Å²) in [7, 11) is -2.56. The van der Waals surface area contributed by atoms with Crippen LogP contribution < -0.4 is 14.4 Å². The van der Waals surface area contributed by atoms with E-state index < -0.39 is 10.0 Å². The standard InChI is InChI=1S/C19H20N2O5S/c1-13-3-5-14(6-4-13)12-20-27(24,25)17-11-15(7-8-16(17)26-2)21-18(22)9-10-19(21)23/h3-8,11,20H,9-10,12H2,1-2H3. The van der Waals surface area contributed by atoms with Crippen LogP contribution in [-0.2, 0) is 26.2 Å². The second kappa shape index (κ2) is 7.50. The van der Waals surface area contributed by atoms with Crippen LogP contribution in [0.15, 0.2) is 47.4 Å². The van der Waals surface area contributed by atoms with Crippen LogP contribution in [0.25, 0.3) is 0 Å². The fourth-order valence-electron chi connectivity index (χ4n) is 2.84. The molecule has 1 N–H and O–H groups in total. The maximum absolute atomic E-state index is 12.8. The van der Waals surface area contributed by atoms with Crippen LogP contribution in [0.5, 0.6) is 5.75 Å². The van der Waals surface area contributed by atoms with Gasteiger partial charge in [-0.3, -0.25) is 14.5 Å². The molecule has 27 heavy (non-hydrogen) atoms. The minimum absolute atomic E-state index is 0.109. The Morgan fingerprint density at radius 3 is 2.26 bits per heavy atom. The number of ether oxygens (including phenoxy) is 1. The Morgan fingerprint density at radius 1 is 1.04 bits per heavy atom. The Labute approximate surface area is 158 Å². The highest BCUT2D eigenvalue weighted by Gasteiger charge is 2.32. The van der Waals surface area contributed by atoms with Crippen LogP contribution in [0.1, 0.15) is 24.0 Å². The number of hydrogen-bond acceptors (Lipinski definition) is 5. The number of nitrogens with one attached hydrogen (secondary N) is 1. The van der Waals surface area contributed by atoms with Crippen molar-refractivity contribution in [3.8, 4) is 5.75 Å². The highest BCUT2D eigenvalue weighted by atomic mass is 32.2. The van der Waals surface area contributed by atoms with Crippen molar-refractivity contribution in [3.05, 3.63) is 53.6 Å². The van der Waals surface area contributed by atoms with Crippen LogP contribution in [0.2, 0.25) is 0 Å². The quantitative estimate of drug-likeness (QED) is 0.766. The molecule has 142 valence electrons. The third-order valence-corrected chi connectivity index (χ3v) is 5.76. The van der Waals surface area contributed by atoms with Gasteiger partial charge in [0.15, 0.2) is 0 Å². The lowest BCUT2D eigenvalue weighted by molar-refractivity contribution is -0.121. The molecule has 1 saturated heterocycles. The van der Waals surface area contributed by atoms with Crippen molar-refractivity contribution in [2.45, 2.75) is 31.2 Å². The molecule has 0 bridgehead atoms. The van der Waals surface area contributed by atoms with Crippen LogP contribution >= 0.6 is 0 Å². The Morgan fingerprint density at radius 2 is 1.67 bits per heavy atom. The van der Waals surface area contributed by atoms with Crippen molar-refractivity contribution in [1.29, 1.82) is 0 Å². The summed E-state index contributed by atoms with van der Waals surface area (Å²) in [6.45, 7) is 2.06. The smallest absolute Gasteiger partial charge is 0.244 e. The van der Waals surface area contributed by atoms with E-state index in [4.69, 9.17) is 4.74 Å². The van der Waals surface area contributed by atoms with E-state index in [1.54, 1.807) is 0 Å². The molecule has 0 saturated carbocycles. The molecule has 7 nitrogen and oxygen atoms in total. The van der Waals surface area contributed by atoms with Gasteiger partial charge < -0.3 is 4.74 Å². The number of amides is 2. The first kappa shape index (κ1) is 19.1. The van der Waals surface area contributed by atoms with Gasteiger partial charge in [-0.15, -0.1) is 0 Å². The van der Waals surface area contributed by atoms with Crippen molar-refractivity contribution >= 4 is 27.5 Å². The van der Waals surface area contributed by atoms with E-state index in [2.05, 4.69) is 4.72 Å². The summed E-state index contributed by atoms with van der Waals surface area (Å²) in [6.07, 6.45) is 0.247. The number of carbonyl (C=O) groups excluding carboxylic acids is 2. The summed E-state index contributed by atoms with van der Waals surface area (Å²) in [6, 6.07) is 11.7. The molecule has 1 aliphatic rings. The topological polar surface area (TPSA) is 92.8 Å². The second-order valence-electron chi connectivity index (χ2n) is 6.27. The molecule has 2 amide bonds. The molecule has 0 radical (unpaired) electrons. The van der Waals surface area contributed by atoms with E-state index in [1.807, 2.05) is 31.2 Å². The summed E-state index contributed by atoms with van der Waals surface area (Å²) in [5, 5.41) is 0. The first-order valence-electron chi connectivity index (χ1n) is 8.41. The van der Waals surface area contributed by atoms with Crippen LogP contribution in [0.3, 0.4) is 0 Å². The largest absolute Gasteiger partial charge is 0.495 e. The first-order valence-corrected chi connectivity index (χ1v) is 9.89. The summed E-state index contributed by atoms with van der Waals surface area (Å²) >= 11 is 0. The average molecular weight is 388 g/mol. The molecule has 0 atom stereocenters. The fourth-order valence-corrected chi connectivity index (χ4v) is 4.05. The maximum atomic E-state index is 12.8. The highest BCUT2D eigenvalue weighted by molar-refractivity contribution is 7.89. The molecular formula is C19H20N2O5S. The molecule has 2 aromatic carbocycles. The Balaban J connectivity index is 1.90. The van der Waals surface area contributed by atoms with Gasteiger partial charge in [0.25, 0.3) is 0 Å². The average Bonchev–Trinajstić information content (AvgIpc) is 2.99. The number of aryl methyl sites for hydroxylation is 1. The van der Waals surface area contributed by atoms with Crippen LogP contribution in [-0.4, -0.2) is 27.3 Å².